The summed E-state index contributed by atoms with van der Waals surface area (Å²) in [6.45, 7) is -0.0956. The zero-order valence-electron chi connectivity index (χ0n) is 14.1. The van der Waals surface area contributed by atoms with Crippen molar-refractivity contribution in [2.24, 2.45) is 0 Å². The molecule has 0 aromatic heterocycles. The first-order valence-corrected chi connectivity index (χ1v) is 8.08. The molecule has 3 aromatic carbocycles. The number of hydrogen-bond donors (Lipinski definition) is 1. The summed E-state index contributed by atoms with van der Waals surface area (Å²) in [5.41, 5.74) is 0.344. The van der Waals surface area contributed by atoms with Gasteiger partial charge < -0.3 is 15.2 Å². The van der Waals surface area contributed by atoms with E-state index in [4.69, 9.17) is 4.74 Å². The lowest BCUT2D eigenvalue weighted by Crippen LogP contribution is -2.23. The van der Waals surface area contributed by atoms with Gasteiger partial charge in [-0.2, -0.15) is 0 Å². The number of hydrogen-bond acceptors (Lipinski definition) is 5. The molecule has 0 unspecified atom stereocenters. The molecule has 0 radical (unpaired) electrons. The molecule has 136 valence electrons. The van der Waals surface area contributed by atoms with Crippen molar-refractivity contribution in [3.05, 3.63) is 94.0 Å². The molecule has 0 aliphatic carbocycles. The van der Waals surface area contributed by atoms with E-state index in [1.165, 1.54) is 6.07 Å². The zero-order chi connectivity index (χ0) is 19.2. The van der Waals surface area contributed by atoms with Gasteiger partial charge in [0.05, 0.1) is 4.92 Å². The van der Waals surface area contributed by atoms with Gasteiger partial charge in [0.25, 0.3) is 11.6 Å². The lowest BCUT2D eigenvalue weighted by Gasteiger charge is -2.13. The highest BCUT2D eigenvalue weighted by atomic mass is 16.6. The molecule has 0 spiro atoms. The number of rotatable bonds is 6. The Hall–Kier alpha value is -3.87. The molecule has 3 rings (SSSR count). The van der Waals surface area contributed by atoms with Crippen molar-refractivity contribution in [1.29, 1.82) is 0 Å². The number of nitro benzene ring substituents is 1. The minimum atomic E-state index is -0.587. The number of ether oxygens (including phenoxy) is 1. The minimum Gasteiger partial charge on any atom is -0.872 e. The number of nitrogens with zero attached hydrogens (tertiary/aromatic N) is 1. The van der Waals surface area contributed by atoms with E-state index < -0.39 is 10.8 Å². The zero-order valence-corrected chi connectivity index (χ0v) is 14.1. The Labute approximate surface area is 155 Å². The maximum Gasteiger partial charge on any atom is 0.269 e. The molecule has 1 amide bonds. The smallest absolute Gasteiger partial charge is 0.269 e. The molecule has 1 N–H and O–H groups in total. The van der Waals surface area contributed by atoms with Gasteiger partial charge in [0.1, 0.15) is 11.5 Å². The maximum atomic E-state index is 12.2. The van der Waals surface area contributed by atoms with Crippen LogP contribution in [-0.4, -0.2) is 10.8 Å². The number of nitrogens with one attached hydrogen (secondary N) is 1. The van der Waals surface area contributed by atoms with Crippen LogP contribution < -0.4 is 15.2 Å². The highest BCUT2D eigenvalue weighted by Crippen LogP contribution is 2.22. The van der Waals surface area contributed by atoms with E-state index in [0.717, 1.165) is 12.1 Å². The number of nitro groups is 1. The monoisotopic (exact) mass is 363 g/mol. The average Bonchev–Trinajstić information content (AvgIpc) is 2.68. The van der Waals surface area contributed by atoms with Crippen LogP contribution in [0, 0.1) is 10.1 Å². The highest BCUT2D eigenvalue weighted by Gasteiger charge is 2.09. The molecule has 0 bridgehead atoms. The van der Waals surface area contributed by atoms with E-state index in [0.29, 0.717) is 17.1 Å². The summed E-state index contributed by atoms with van der Waals surface area (Å²) >= 11 is 0. The molecule has 0 fully saturated rings. The van der Waals surface area contributed by atoms with E-state index in [1.807, 2.05) is 30.3 Å². The third-order valence-corrected chi connectivity index (χ3v) is 3.79. The fourth-order valence-electron chi connectivity index (χ4n) is 2.39. The Kier molecular flexibility index (Phi) is 5.32. The molecular weight excluding hydrogens is 348 g/mol. The van der Waals surface area contributed by atoms with Crippen molar-refractivity contribution in [1.82, 2.24) is 5.32 Å². The molecule has 0 aliphatic heterocycles. The summed E-state index contributed by atoms with van der Waals surface area (Å²) in [7, 11) is 0. The van der Waals surface area contributed by atoms with Crippen molar-refractivity contribution in [2.75, 3.05) is 0 Å². The second-order valence-corrected chi connectivity index (χ2v) is 5.67. The van der Waals surface area contributed by atoms with Gasteiger partial charge in [-0.25, -0.2) is 0 Å². The normalized spacial score (nSPS) is 10.2. The van der Waals surface area contributed by atoms with Gasteiger partial charge in [-0.3, -0.25) is 14.9 Å². The molecule has 0 saturated carbocycles. The fourth-order valence-corrected chi connectivity index (χ4v) is 2.39. The van der Waals surface area contributed by atoms with Crippen LogP contribution in [0.1, 0.15) is 15.9 Å². The van der Waals surface area contributed by atoms with Crippen LogP contribution in [-0.2, 0) is 6.54 Å². The van der Waals surface area contributed by atoms with E-state index in [9.17, 15) is 20.0 Å². The van der Waals surface area contributed by atoms with Gasteiger partial charge in [-0.1, -0.05) is 24.3 Å². The third kappa shape index (κ3) is 4.60. The summed E-state index contributed by atoms with van der Waals surface area (Å²) in [5, 5.41) is 25.2. The van der Waals surface area contributed by atoms with Gasteiger partial charge in [-0.05, 0) is 42.0 Å². The number of non-ortho nitro benzene ring substituents is 1. The summed E-state index contributed by atoms with van der Waals surface area (Å²) in [5.74, 6) is 0.501. The van der Waals surface area contributed by atoms with Gasteiger partial charge in [0, 0.05) is 24.2 Å². The van der Waals surface area contributed by atoms with Crippen molar-refractivity contribution >= 4 is 11.6 Å². The van der Waals surface area contributed by atoms with Gasteiger partial charge in [0.15, 0.2) is 0 Å². The second kappa shape index (κ2) is 8.01. The summed E-state index contributed by atoms with van der Waals surface area (Å²) in [6.07, 6.45) is 0. The Morgan fingerprint density at radius 2 is 1.63 bits per heavy atom. The van der Waals surface area contributed by atoms with E-state index >= 15 is 0 Å². The molecule has 0 saturated heterocycles. The summed E-state index contributed by atoms with van der Waals surface area (Å²) < 4.78 is 5.66. The van der Waals surface area contributed by atoms with Crippen molar-refractivity contribution in [3.63, 3.8) is 0 Å². The molecule has 0 atom stereocenters. The number of carbonyl (C=O) groups is 1. The van der Waals surface area contributed by atoms with Crippen molar-refractivity contribution in [2.45, 2.75) is 6.54 Å². The Morgan fingerprint density at radius 3 is 2.30 bits per heavy atom. The largest absolute Gasteiger partial charge is 0.872 e. The predicted octanol–water partition coefficient (Wildman–Crippen LogP) is 3.39. The lowest BCUT2D eigenvalue weighted by molar-refractivity contribution is -0.385. The van der Waals surface area contributed by atoms with Crippen LogP contribution in [0.5, 0.6) is 17.2 Å². The highest BCUT2D eigenvalue weighted by molar-refractivity contribution is 5.94. The van der Waals surface area contributed by atoms with Gasteiger partial charge in [0.2, 0.25) is 0 Å². The topological polar surface area (TPSA) is 105 Å². The second-order valence-electron chi connectivity index (χ2n) is 5.67. The van der Waals surface area contributed by atoms with Crippen LogP contribution in [0.15, 0.2) is 72.8 Å². The number of carbonyl (C=O) groups excluding carboxylic acids is 1. The van der Waals surface area contributed by atoms with Crippen LogP contribution >= 0.6 is 0 Å². The van der Waals surface area contributed by atoms with Crippen LogP contribution in [0.2, 0.25) is 0 Å². The van der Waals surface area contributed by atoms with Crippen molar-refractivity contribution in [3.8, 4) is 17.2 Å². The molecule has 7 nitrogen and oxygen atoms in total. The van der Waals surface area contributed by atoms with Crippen LogP contribution in [0.3, 0.4) is 0 Å². The van der Waals surface area contributed by atoms with Crippen LogP contribution in [0.4, 0.5) is 5.69 Å². The molecular formula is C20H15N2O5-. The fraction of sp³-hybridized carbons (Fsp3) is 0.0500. The lowest BCUT2D eigenvalue weighted by atomic mass is 10.1. The first kappa shape index (κ1) is 17.9. The predicted molar refractivity (Wildman–Crippen MR) is 96.7 cm³/mol. The first-order chi connectivity index (χ1) is 13.0. The molecule has 27 heavy (non-hydrogen) atoms. The first-order valence-electron chi connectivity index (χ1n) is 8.08. The van der Waals surface area contributed by atoms with Gasteiger partial charge >= 0.3 is 0 Å². The van der Waals surface area contributed by atoms with E-state index in [1.54, 1.807) is 24.3 Å². The van der Waals surface area contributed by atoms with E-state index in [2.05, 4.69) is 5.32 Å². The molecule has 0 heterocycles. The Balaban J connectivity index is 1.63. The number of benzene rings is 3. The van der Waals surface area contributed by atoms with E-state index in [-0.39, 0.29) is 23.5 Å². The molecule has 3 aromatic rings. The SMILES string of the molecule is O=C(NCc1cc([N+](=O)[O-])ccc1[O-])c1ccc(Oc2ccccc2)cc1. The summed E-state index contributed by atoms with van der Waals surface area (Å²) in [6, 6.07) is 19.2. The molecule has 0 aliphatic rings. The molecule has 7 heteroatoms. The minimum absolute atomic E-state index is 0.0956. The third-order valence-electron chi connectivity index (χ3n) is 3.79. The number of para-hydroxylation sites is 1. The Bertz CT molecular complexity index is 956. The quantitative estimate of drug-likeness (QED) is 0.534. The summed E-state index contributed by atoms with van der Waals surface area (Å²) in [4.78, 5) is 22.4. The Morgan fingerprint density at radius 1 is 0.963 bits per heavy atom. The van der Waals surface area contributed by atoms with Gasteiger partial charge in [-0.15, -0.1) is 5.75 Å². The average molecular weight is 363 g/mol. The standard InChI is InChI=1S/C20H16N2O5/c23-19-11-8-16(22(25)26)12-15(19)13-21-20(24)14-6-9-18(10-7-14)27-17-4-2-1-3-5-17/h1-12,23H,13H2,(H,21,24)/p-1. The number of amides is 1. The van der Waals surface area contributed by atoms with Crippen molar-refractivity contribution < 1.29 is 19.6 Å². The maximum absolute atomic E-state index is 12.2. The van der Waals surface area contributed by atoms with Crippen LogP contribution in [0.25, 0.3) is 0 Å².